The van der Waals surface area contributed by atoms with E-state index in [2.05, 4.69) is 10.3 Å². The Morgan fingerprint density at radius 3 is 2.41 bits per heavy atom. The molecule has 2 saturated heterocycles. The lowest BCUT2D eigenvalue weighted by molar-refractivity contribution is -0.126. The predicted molar refractivity (Wildman–Crippen MR) is 119 cm³/mol. The fourth-order valence-electron chi connectivity index (χ4n) is 4.58. The number of hydrogen-bond donors (Lipinski definition) is 3. The summed E-state index contributed by atoms with van der Waals surface area (Å²) in [7, 11) is 0. The Labute approximate surface area is 192 Å². The van der Waals surface area contributed by atoms with Crippen molar-refractivity contribution in [3.8, 4) is 0 Å². The van der Waals surface area contributed by atoms with Gasteiger partial charge in [-0.05, 0) is 56.9 Å². The Morgan fingerprint density at radius 1 is 1.09 bits per heavy atom. The normalized spacial score (nSPS) is 21.7. The van der Waals surface area contributed by atoms with E-state index >= 15 is 0 Å². The Hall–Kier alpha value is -3.40. The molecule has 2 aromatic carbocycles. The lowest BCUT2D eigenvalue weighted by Crippen LogP contribution is -2.36. The summed E-state index contributed by atoms with van der Waals surface area (Å²) >= 11 is 0. The van der Waals surface area contributed by atoms with Crippen molar-refractivity contribution in [2.24, 2.45) is 0 Å². The van der Waals surface area contributed by atoms with Crippen molar-refractivity contribution in [1.29, 1.82) is 0 Å². The summed E-state index contributed by atoms with van der Waals surface area (Å²) in [5.41, 5.74) is -0.869. The second-order valence-corrected chi connectivity index (χ2v) is 8.73. The first-order valence-corrected chi connectivity index (χ1v) is 11.0. The molecule has 3 N–H and O–H groups in total. The van der Waals surface area contributed by atoms with Gasteiger partial charge in [0.1, 0.15) is 17.5 Å². The van der Waals surface area contributed by atoms with Crippen molar-refractivity contribution in [2.45, 2.75) is 56.8 Å². The number of amides is 1. The summed E-state index contributed by atoms with van der Waals surface area (Å²) < 4.78 is 45.1. The third-order valence-electron chi connectivity index (χ3n) is 6.25. The molecule has 1 atom stereocenters. The lowest BCUT2D eigenvalue weighted by Gasteiger charge is -2.25. The SMILES string of the molecule is CC(NC(=O)CC12CCC(CC1)O2)c1ccc(F)cc1F.O=c1[nH]c(=O)c2cc(F)ccc2[nH]1. The molecule has 2 fully saturated rings. The van der Waals surface area contributed by atoms with Crippen molar-refractivity contribution >= 4 is 16.8 Å². The minimum absolute atomic E-state index is 0.139. The molecule has 7 nitrogen and oxygen atoms in total. The predicted octanol–water partition coefficient (Wildman–Crippen LogP) is 3.60. The van der Waals surface area contributed by atoms with Crippen molar-refractivity contribution in [3.63, 3.8) is 0 Å². The molecule has 0 saturated carbocycles. The van der Waals surface area contributed by atoms with Gasteiger partial charge in [-0.2, -0.15) is 0 Å². The van der Waals surface area contributed by atoms with Gasteiger partial charge in [0, 0.05) is 11.6 Å². The highest BCUT2D eigenvalue weighted by Crippen LogP contribution is 2.45. The van der Waals surface area contributed by atoms with Crippen molar-refractivity contribution in [1.82, 2.24) is 15.3 Å². The first-order chi connectivity index (χ1) is 16.1. The fourth-order valence-corrected chi connectivity index (χ4v) is 4.58. The molecule has 1 amide bonds. The standard InChI is InChI=1S/C16H19F2NO2.C8H5FN2O2/c1-10(13-3-2-11(17)8-14(13)18)19-15(20)9-16-6-4-12(21-16)5-7-16;9-4-1-2-6-5(3-4)7(12)11-8(13)10-6/h2-3,8,10,12H,4-7,9H2,1H3,(H,19,20);1-3H,(H2,10,11,12,13). The first kappa shape index (κ1) is 23.7. The molecule has 10 heteroatoms. The number of H-pyrrole nitrogens is 2. The summed E-state index contributed by atoms with van der Waals surface area (Å²) in [6.45, 7) is 1.69. The highest BCUT2D eigenvalue weighted by Gasteiger charge is 2.47. The van der Waals surface area contributed by atoms with Gasteiger partial charge in [0.15, 0.2) is 0 Å². The van der Waals surface area contributed by atoms with Gasteiger partial charge in [-0.25, -0.2) is 18.0 Å². The van der Waals surface area contributed by atoms with E-state index in [-0.39, 0.29) is 16.9 Å². The second kappa shape index (κ2) is 9.46. The second-order valence-electron chi connectivity index (χ2n) is 8.73. The highest BCUT2D eigenvalue weighted by atomic mass is 19.1. The van der Waals surface area contributed by atoms with Gasteiger partial charge in [-0.15, -0.1) is 0 Å². The van der Waals surface area contributed by atoms with Crippen molar-refractivity contribution in [2.75, 3.05) is 0 Å². The van der Waals surface area contributed by atoms with E-state index in [1.165, 1.54) is 24.3 Å². The number of halogens is 3. The number of nitrogens with one attached hydrogen (secondary N) is 3. The molecule has 1 unspecified atom stereocenters. The molecule has 3 heterocycles. The largest absolute Gasteiger partial charge is 0.371 e. The van der Waals surface area contributed by atoms with E-state index < -0.39 is 34.7 Å². The van der Waals surface area contributed by atoms with Crippen LogP contribution in [0, 0.1) is 17.5 Å². The van der Waals surface area contributed by atoms with Gasteiger partial charge in [0.2, 0.25) is 5.91 Å². The maximum absolute atomic E-state index is 13.7. The van der Waals surface area contributed by atoms with Crippen LogP contribution >= 0.6 is 0 Å². The molecule has 180 valence electrons. The third kappa shape index (κ3) is 5.22. The number of aromatic nitrogens is 2. The number of hydrogen-bond acceptors (Lipinski definition) is 4. The van der Waals surface area contributed by atoms with E-state index in [0.29, 0.717) is 23.6 Å². The van der Waals surface area contributed by atoms with Crippen LogP contribution < -0.4 is 16.6 Å². The van der Waals surface area contributed by atoms with Gasteiger partial charge in [-0.3, -0.25) is 14.6 Å². The number of benzene rings is 2. The van der Waals surface area contributed by atoms with Crippen LogP contribution in [0.25, 0.3) is 10.9 Å². The van der Waals surface area contributed by atoms with Crippen LogP contribution in [-0.4, -0.2) is 27.6 Å². The van der Waals surface area contributed by atoms with E-state index in [0.717, 1.165) is 37.8 Å². The average molecular weight is 475 g/mol. The molecule has 2 aliphatic rings. The van der Waals surface area contributed by atoms with Gasteiger partial charge >= 0.3 is 5.69 Å². The Kier molecular flexibility index (Phi) is 6.60. The smallest absolute Gasteiger partial charge is 0.326 e. The summed E-state index contributed by atoms with van der Waals surface area (Å²) in [6, 6.07) is 6.50. The summed E-state index contributed by atoms with van der Waals surface area (Å²) in [5, 5.41) is 2.92. The molecule has 2 bridgehead atoms. The van der Waals surface area contributed by atoms with Gasteiger partial charge < -0.3 is 15.0 Å². The molecule has 0 spiro atoms. The molecular weight excluding hydrogens is 451 g/mol. The maximum atomic E-state index is 13.7. The summed E-state index contributed by atoms with van der Waals surface area (Å²) in [4.78, 5) is 38.4. The zero-order valence-electron chi connectivity index (χ0n) is 18.4. The fraction of sp³-hybridized carbons (Fsp3) is 0.375. The summed E-state index contributed by atoms with van der Waals surface area (Å²) in [6.07, 6.45) is 4.51. The number of carbonyl (C=O) groups excluding carboxylic acids is 1. The number of carbonyl (C=O) groups is 1. The molecule has 34 heavy (non-hydrogen) atoms. The molecule has 0 radical (unpaired) electrons. The number of fused-ring (bicyclic) bond motifs is 3. The molecule has 0 aliphatic carbocycles. The third-order valence-corrected chi connectivity index (χ3v) is 6.25. The number of aromatic amines is 2. The van der Waals surface area contributed by atoms with Crippen molar-refractivity contribution in [3.05, 3.63) is 80.3 Å². The van der Waals surface area contributed by atoms with E-state index in [1.807, 2.05) is 4.98 Å². The van der Waals surface area contributed by atoms with E-state index in [1.54, 1.807) is 6.92 Å². The van der Waals surface area contributed by atoms with Crippen LogP contribution in [0.2, 0.25) is 0 Å². The average Bonchev–Trinajstić information content (AvgIpc) is 3.35. The number of rotatable bonds is 4. The van der Waals surface area contributed by atoms with Crippen LogP contribution in [0.5, 0.6) is 0 Å². The molecule has 5 rings (SSSR count). The lowest BCUT2D eigenvalue weighted by atomic mass is 9.86. The zero-order valence-corrected chi connectivity index (χ0v) is 18.4. The van der Waals surface area contributed by atoms with Crippen LogP contribution in [0.3, 0.4) is 0 Å². The van der Waals surface area contributed by atoms with Gasteiger partial charge in [0.05, 0.1) is 35.1 Å². The Bertz CT molecular complexity index is 1330. The highest BCUT2D eigenvalue weighted by molar-refractivity contribution is 5.78. The first-order valence-electron chi connectivity index (χ1n) is 11.0. The van der Waals surface area contributed by atoms with Crippen LogP contribution in [0.1, 0.15) is 50.6 Å². The molecule has 3 aromatic rings. The van der Waals surface area contributed by atoms with E-state index in [9.17, 15) is 27.6 Å². The Balaban J connectivity index is 0.000000180. The quantitative estimate of drug-likeness (QED) is 0.536. The van der Waals surface area contributed by atoms with Crippen LogP contribution in [0.4, 0.5) is 13.2 Å². The van der Waals surface area contributed by atoms with Crippen LogP contribution in [0.15, 0.2) is 46.0 Å². The van der Waals surface area contributed by atoms with Crippen LogP contribution in [-0.2, 0) is 9.53 Å². The van der Waals surface area contributed by atoms with E-state index in [4.69, 9.17) is 4.74 Å². The maximum Gasteiger partial charge on any atom is 0.326 e. The monoisotopic (exact) mass is 475 g/mol. The zero-order chi connectivity index (χ0) is 24.5. The minimum Gasteiger partial charge on any atom is -0.371 e. The van der Waals surface area contributed by atoms with Gasteiger partial charge in [0.25, 0.3) is 5.56 Å². The molecule has 1 aromatic heterocycles. The number of ether oxygens (including phenoxy) is 1. The van der Waals surface area contributed by atoms with Crippen molar-refractivity contribution < 1.29 is 22.7 Å². The molecular formula is C24H24F3N3O4. The topological polar surface area (TPSA) is 104 Å². The molecule has 2 aliphatic heterocycles. The minimum atomic E-state index is -0.640. The van der Waals surface area contributed by atoms with Gasteiger partial charge in [-0.1, -0.05) is 6.07 Å². The summed E-state index contributed by atoms with van der Waals surface area (Å²) in [5.74, 6) is -1.91. The Morgan fingerprint density at radius 2 is 1.76 bits per heavy atom.